The van der Waals surface area contributed by atoms with E-state index in [2.05, 4.69) is 5.32 Å². The smallest absolute Gasteiger partial charge is 0.241 e. The van der Waals surface area contributed by atoms with Crippen molar-refractivity contribution >= 4 is 22.4 Å². The van der Waals surface area contributed by atoms with Gasteiger partial charge in [-0.25, -0.2) is 0 Å². The molecule has 0 spiro atoms. The van der Waals surface area contributed by atoms with Gasteiger partial charge in [0.15, 0.2) is 0 Å². The van der Waals surface area contributed by atoms with Gasteiger partial charge in [0.2, 0.25) is 5.91 Å². The molecule has 1 atom stereocenters. The van der Waals surface area contributed by atoms with Crippen LogP contribution >= 0.6 is 0 Å². The van der Waals surface area contributed by atoms with E-state index in [0.717, 1.165) is 22.0 Å². The standard InChI is InChI=1S/C19H18N2O/c20-17(13-14-7-2-1-3-8-14)19(22)21-18-12-6-10-15-9-4-5-11-16(15)18/h1-12,17H,13,20H2,(H,21,22). The second-order valence-corrected chi connectivity index (χ2v) is 5.31. The summed E-state index contributed by atoms with van der Waals surface area (Å²) in [6.45, 7) is 0. The van der Waals surface area contributed by atoms with Crippen LogP contribution in [0.25, 0.3) is 10.8 Å². The van der Waals surface area contributed by atoms with Gasteiger partial charge in [-0.3, -0.25) is 4.79 Å². The normalized spacial score (nSPS) is 12.0. The number of benzene rings is 3. The fraction of sp³-hybridized carbons (Fsp3) is 0.105. The van der Waals surface area contributed by atoms with Gasteiger partial charge in [0.25, 0.3) is 0 Å². The number of hydrogen-bond donors (Lipinski definition) is 2. The fourth-order valence-corrected chi connectivity index (χ4v) is 2.52. The van der Waals surface area contributed by atoms with Crippen LogP contribution in [0.3, 0.4) is 0 Å². The lowest BCUT2D eigenvalue weighted by Gasteiger charge is -2.14. The molecular formula is C19H18N2O. The Hall–Kier alpha value is -2.65. The van der Waals surface area contributed by atoms with Gasteiger partial charge in [-0.2, -0.15) is 0 Å². The molecule has 0 fully saturated rings. The van der Waals surface area contributed by atoms with E-state index in [1.54, 1.807) is 0 Å². The van der Waals surface area contributed by atoms with E-state index in [0.29, 0.717) is 6.42 Å². The first-order valence-electron chi connectivity index (χ1n) is 7.32. The molecule has 1 amide bonds. The lowest BCUT2D eigenvalue weighted by molar-refractivity contribution is -0.117. The quantitative estimate of drug-likeness (QED) is 0.774. The number of hydrogen-bond acceptors (Lipinski definition) is 2. The van der Waals surface area contributed by atoms with Crippen molar-refractivity contribution in [2.75, 3.05) is 5.32 Å². The van der Waals surface area contributed by atoms with Crippen LogP contribution in [-0.2, 0) is 11.2 Å². The second-order valence-electron chi connectivity index (χ2n) is 5.31. The van der Waals surface area contributed by atoms with E-state index in [-0.39, 0.29) is 5.91 Å². The first kappa shape index (κ1) is 14.3. The Balaban J connectivity index is 1.75. The largest absolute Gasteiger partial charge is 0.324 e. The van der Waals surface area contributed by atoms with Crippen LogP contribution in [0, 0.1) is 0 Å². The van der Waals surface area contributed by atoms with Gasteiger partial charge in [0.05, 0.1) is 6.04 Å². The SMILES string of the molecule is NC(Cc1ccccc1)C(=O)Nc1cccc2ccccc12. The highest BCUT2D eigenvalue weighted by Gasteiger charge is 2.15. The Morgan fingerprint density at radius 1 is 0.909 bits per heavy atom. The number of carbonyl (C=O) groups is 1. The van der Waals surface area contributed by atoms with E-state index in [1.807, 2.05) is 72.8 Å². The van der Waals surface area contributed by atoms with E-state index in [1.165, 1.54) is 0 Å². The van der Waals surface area contributed by atoms with Crippen molar-refractivity contribution in [2.24, 2.45) is 5.73 Å². The summed E-state index contributed by atoms with van der Waals surface area (Å²) in [7, 11) is 0. The summed E-state index contributed by atoms with van der Waals surface area (Å²) in [5, 5.41) is 5.05. The summed E-state index contributed by atoms with van der Waals surface area (Å²) < 4.78 is 0. The molecule has 3 nitrogen and oxygen atoms in total. The predicted molar refractivity (Wildman–Crippen MR) is 90.7 cm³/mol. The molecule has 0 aliphatic heterocycles. The number of anilines is 1. The summed E-state index contributed by atoms with van der Waals surface area (Å²) in [6, 6.07) is 23.0. The molecule has 0 aliphatic rings. The van der Waals surface area contributed by atoms with Crippen LogP contribution in [0.15, 0.2) is 72.8 Å². The molecule has 0 aliphatic carbocycles. The molecule has 3 N–H and O–H groups in total. The zero-order chi connectivity index (χ0) is 15.4. The van der Waals surface area contributed by atoms with Crippen molar-refractivity contribution in [1.82, 2.24) is 0 Å². The summed E-state index contributed by atoms with van der Waals surface area (Å²) in [4.78, 5) is 12.3. The third-order valence-corrected chi connectivity index (χ3v) is 3.68. The van der Waals surface area contributed by atoms with Crippen LogP contribution in [0.2, 0.25) is 0 Å². The fourth-order valence-electron chi connectivity index (χ4n) is 2.52. The molecular weight excluding hydrogens is 272 g/mol. The van der Waals surface area contributed by atoms with Crippen LogP contribution in [0.4, 0.5) is 5.69 Å². The highest BCUT2D eigenvalue weighted by atomic mass is 16.2. The van der Waals surface area contributed by atoms with Gasteiger partial charge in [0, 0.05) is 11.1 Å². The zero-order valence-electron chi connectivity index (χ0n) is 12.2. The summed E-state index contributed by atoms with van der Waals surface area (Å²) in [5.41, 5.74) is 7.89. The predicted octanol–water partition coefficient (Wildman–Crippen LogP) is 3.35. The first-order valence-corrected chi connectivity index (χ1v) is 7.32. The first-order chi connectivity index (χ1) is 10.7. The molecule has 0 saturated heterocycles. The Bertz CT molecular complexity index is 778. The van der Waals surface area contributed by atoms with Crippen molar-refractivity contribution < 1.29 is 4.79 Å². The molecule has 0 radical (unpaired) electrons. The number of rotatable bonds is 4. The second kappa shape index (κ2) is 6.41. The highest BCUT2D eigenvalue weighted by molar-refractivity contribution is 6.03. The average Bonchev–Trinajstić information content (AvgIpc) is 2.56. The number of carbonyl (C=O) groups excluding carboxylic acids is 1. The van der Waals surface area contributed by atoms with Gasteiger partial charge >= 0.3 is 0 Å². The number of amides is 1. The molecule has 1 unspecified atom stereocenters. The van der Waals surface area contributed by atoms with Gasteiger partial charge in [-0.15, -0.1) is 0 Å². The Morgan fingerprint density at radius 3 is 2.41 bits per heavy atom. The van der Waals surface area contributed by atoms with E-state index < -0.39 is 6.04 Å². The third kappa shape index (κ3) is 3.15. The average molecular weight is 290 g/mol. The summed E-state index contributed by atoms with van der Waals surface area (Å²) >= 11 is 0. The third-order valence-electron chi connectivity index (χ3n) is 3.68. The van der Waals surface area contributed by atoms with Crippen LogP contribution < -0.4 is 11.1 Å². The zero-order valence-corrected chi connectivity index (χ0v) is 12.2. The van der Waals surface area contributed by atoms with Crippen LogP contribution in [0.5, 0.6) is 0 Å². The molecule has 22 heavy (non-hydrogen) atoms. The lowest BCUT2D eigenvalue weighted by Crippen LogP contribution is -2.37. The van der Waals surface area contributed by atoms with Crippen LogP contribution in [0.1, 0.15) is 5.56 Å². The molecule has 3 aromatic carbocycles. The number of nitrogens with two attached hydrogens (primary N) is 1. The number of nitrogens with one attached hydrogen (secondary N) is 1. The maximum absolute atomic E-state index is 12.3. The maximum atomic E-state index is 12.3. The molecule has 3 heteroatoms. The Kier molecular flexibility index (Phi) is 4.17. The minimum Gasteiger partial charge on any atom is -0.324 e. The Labute approximate surface area is 129 Å². The van der Waals surface area contributed by atoms with E-state index >= 15 is 0 Å². The van der Waals surface area contributed by atoms with Crippen LogP contribution in [-0.4, -0.2) is 11.9 Å². The van der Waals surface area contributed by atoms with Crippen molar-refractivity contribution in [3.8, 4) is 0 Å². The van der Waals surface area contributed by atoms with E-state index in [4.69, 9.17) is 5.73 Å². The summed E-state index contributed by atoms with van der Waals surface area (Å²) in [5.74, 6) is -0.166. The molecule has 0 aromatic heterocycles. The summed E-state index contributed by atoms with van der Waals surface area (Å²) in [6.07, 6.45) is 0.525. The maximum Gasteiger partial charge on any atom is 0.241 e. The van der Waals surface area contributed by atoms with Crippen molar-refractivity contribution in [1.29, 1.82) is 0 Å². The van der Waals surface area contributed by atoms with Crippen molar-refractivity contribution in [3.05, 3.63) is 78.4 Å². The lowest BCUT2D eigenvalue weighted by atomic mass is 10.1. The van der Waals surface area contributed by atoms with E-state index in [9.17, 15) is 4.79 Å². The number of fused-ring (bicyclic) bond motifs is 1. The molecule has 0 saturated carbocycles. The van der Waals surface area contributed by atoms with Crippen molar-refractivity contribution in [2.45, 2.75) is 12.5 Å². The molecule has 3 aromatic rings. The molecule has 0 heterocycles. The van der Waals surface area contributed by atoms with Crippen molar-refractivity contribution in [3.63, 3.8) is 0 Å². The molecule has 110 valence electrons. The molecule has 0 bridgehead atoms. The Morgan fingerprint density at radius 2 is 1.59 bits per heavy atom. The topological polar surface area (TPSA) is 55.1 Å². The van der Waals surface area contributed by atoms with Gasteiger partial charge in [0.1, 0.15) is 0 Å². The minimum atomic E-state index is -0.568. The highest BCUT2D eigenvalue weighted by Crippen LogP contribution is 2.23. The molecule has 3 rings (SSSR count). The van der Waals surface area contributed by atoms with Gasteiger partial charge < -0.3 is 11.1 Å². The minimum absolute atomic E-state index is 0.166. The van der Waals surface area contributed by atoms with Gasteiger partial charge in [-0.05, 0) is 23.4 Å². The monoisotopic (exact) mass is 290 g/mol. The van der Waals surface area contributed by atoms with Gasteiger partial charge in [-0.1, -0.05) is 66.7 Å².